The van der Waals surface area contributed by atoms with Gasteiger partial charge in [0.25, 0.3) is 0 Å². The maximum atomic E-state index is 12.0. The van der Waals surface area contributed by atoms with Crippen LogP contribution >= 0.6 is 12.4 Å². The number of carbonyl (C=O) groups is 2. The number of hydrogen-bond acceptors (Lipinski definition) is 4. The van der Waals surface area contributed by atoms with Gasteiger partial charge in [-0.1, -0.05) is 0 Å². The number of hydrogen-bond donors (Lipinski definition) is 2. The highest BCUT2D eigenvalue weighted by atomic mass is 35.5. The van der Waals surface area contributed by atoms with E-state index in [0.717, 1.165) is 25.1 Å². The lowest BCUT2D eigenvalue weighted by molar-refractivity contribution is -0.122. The molecular formula is C18H27ClN2O3. The molecule has 1 aromatic carbocycles. The predicted octanol–water partition coefficient (Wildman–Crippen LogP) is 2.73. The van der Waals surface area contributed by atoms with E-state index >= 15 is 0 Å². The van der Waals surface area contributed by atoms with Crippen LogP contribution in [0.5, 0.6) is 5.75 Å². The molecule has 0 spiro atoms. The Balaban J connectivity index is 0.00000288. The van der Waals surface area contributed by atoms with Crippen LogP contribution in [0.15, 0.2) is 24.3 Å². The van der Waals surface area contributed by atoms with Crippen LogP contribution in [0.4, 0.5) is 0 Å². The monoisotopic (exact) mass is 354 g/mol. The molecule has 1 aliphatic heterocycles. The lowest BCUT2D eigenvalue weighted by atomic mass is 10.00. The Morgan fingerprint density at radius 3 is 2.62 bits per heavy atom. The summed E-state index contributed by atoms with van der Waals surface area (Å²) in [5, 5.41) is 6.47. The van der Waals surface area contributed by atoms with E-state index in [0.29, 0.717) is 31.1 Å². The summed E-state index contributed by atoms with van der Waals surface area (Å²) in [6, 6.07) is 7.64. The van der Waals surface area contributed by atoms with Gasteiger partial charge in [0, 0.05) is 24.1 Å². The first-order valence-corrected chi connectivity index (χ1v) is 8.33. The Morgan fingerprint density at radius 1 is 1.29 bits per heavy atom. The van der Waals surface area contributed by atoms with Crippen LogP contribution in [0.25, 0.3) is 0 Å². The number of benzene rings is 1. The number of ether oxygens (including phenoxy) is 1. The zero-order valence-electron chi connectivity index (χ0n) is 14.3. The Morgan fingerprint density at radius 2 is 2.00 bits per heavy atom. The molecule has 134 valence electrons. The fraction of sp³-hybridized carbons (Fsp3) is 0.556. The van der Waals surface area contributed by atoms with Crippen molar-refractivity contribution in [2.75, 3.05) is 13.2 Å². The molecule has 1 saturated heterocycles. The Kier molecular flexibility index (Phi) is 8.79. The highest BCUT2D eigenvalue weighted by molar-refractivity contribution is 5.94. The molecule has 1 aromatic rings. The molecule has 24 heavy (non-hydrogen) atoms. The van der Waals surface area contributed by atoms with Crippen LogP contribution in [0, 0.1) is 0 Å². The standard InChI is InChI=1S/C18H26N2O3.ClH/c1-13-17(5-3-11-19-13)20-18(22)6-4-12-23-16-9-7-15(8-10-16)14(2)21;/h7-10,13,17,19H,3-6,11-12H2,1-2H3,(H,20,22);1H. The summed E-state index contributed by atoms with van der Waals surface area (Å²) in [4.78, 5) is 23.1. The smallest absolute Gasteiger partial charge is 0.220 e. The van der Waals surface area contributed by atoms with E-state index in [1.54, 1.807) is 24.3 Å². The summed E-state index contributed by atoms with van der Waals surface area (Å²) < 4.78 is 5.60. The minimum absolute atomic E-state index is 0. The van der Waals surface area contributed by atoms with Crippen LogP contribution in [0.2, 0.25) is 0 Å². The fourth-order valence-corrected chi connectivity index (χ4v) is 2.73. The Bertz CT molecular complexity index is 534. The van der Waals surface area contributed by atoms with Crippen molar-refractivity contribution in [2.24, 2.45) is 0 Å². The van der Waals surface area contributed by atoms with E-state index in [4.69, 9.17) is 4.74 Å². The summed E-state index contributed by atoms with van der Waals surface area (Å²) >= 11 is 0. The summed E-state index contributed by atoms with van der Waals surface area (Å²) in [6.07, 6.45) is 3.29. The van der Waals surface area contributed by atoms with Gasteiger partial charge in [-0.3, -0.25) is 9.59 Å². The van der Waals surface area contributed by atoms with E-state index in [1.807, 2.05) is 0 Å². The first kappa shape index (κ1) is 20.5. The van der Waals surface area contributed by atoms with Crippen molar-refractivity contribution >= 4 is 24.1 Å². The van der Waals surface area contributed by atoms with Gasteiger partial charge >= 0.3 is 0 Å². The SMILES string of the molecule is CC(=O)c1ccc(OCCCC(=O)NC2CCCNC2C)cc1.Cl. The number of Topliss-reactive ketones (excluding diaryl/α,β-unsaturated/α-hetero) is 1. The second kappa shape index (κ2) is 10.3. The van der Waals surface area contributed by atoms with Crippen LogP contribution in [0.3, 0.4) is 0 Å². The van der Waals surface area contributed by atoms with Gasteiger partial charge in [0.2, 0.25) is 5.91 Å². The molecule has 0 aromatic heterocycles. The first-order chi connectivity index (χ1) is 11.1. The average molecular weight is 355 g/mol. The molecule has 0 radical (unpaired) electrons. The van der Waals surface area contributed by atoms with Gasteiger partial charge in [-0.05, 0) is 63.9 Å². The van der Waals surface area contributed by atoms with Crippen LogP contribution in [0.1, 0.15) is 49.9 Å². The normalized spacial score (nSPS) is 19.9. The minimum atomic E-state index is 0. The molecule has 1 fully saturated rings. The molecular weight excluding hydrogens is 328 g/mol. The Hall–Kier alpha value is -1.59. The predicted molar refractivity (Wildman–Crippen MR) is 97.1 cm³/mol. The van der Waals surface area contributed by atoms with E-state index < -0.39 is 0 Å². The fourth-order valence-electron chi connectivity index (χ4n) is 2.73. The summed E-state index contributed by atoms with van der Waals surface area (Å²) in [5.41, 5.74) is 0.673. The number of rotatable bonds is 7. The molecule has 6 heteroatoms. The highest BCUT2D eigenvalue weighted by Gasteiger charge is 2.21. The van der Waals surface area contributed by atoms with Crippen LogP contribution in [-0.4, -0.2) is 36.9 Å². The largest absolute Gasteiger partial charge is 0.494 e. The van der Waals surface area contributed by atoms with Gasteiger partial charge in [-0.15, -0.1) is 12.4 Å². The number of halogens is 1. The Labute approximate surface area is 149 Å². The van der Waals surface area contributed by atoms with Crippen molar-refractivity contribution in [2.45, 2.75) is 51.6 Å². The maximum Gasteiger partial charge on any atom is 0.220 e. The van der Waals surface area contributed by atoms with Gasteiger partial charge < -0.3 is 15.4 Å². The molecule has 5 nitrogen and oxygen atoms in total. The third-order valence-corrected chi connectivity index (χ3v) is 4.19. The molecule has 2 unspecified atom stereocenters. The van der Waals surface area contributed by atoms with Crippen molar-refractivity contribution in [1.29, 1.82) is 0 Å². The zero-order chi connectivity index (χ0) is 16.7. The number of piperidine rings is 1. The third kappa shape index (κ3) is 6.49. The van der Waals surface area contributed by atoms with Gasteiger partial charge in [-0.25, -0.2) is 0 Å². The number of carbonyl (C=O) groups excluding carboxylic acids is 2. The van der Waals surface area contributed by atoms with Gasteiger partial charge in [0.15, 0.2) is 5.78 Å². The van der Waals surface area contributed by atoms with Crippen LogP contribution in [-0.2, 0) is 4.79 Å². The van der Waals surface area contributed by atoms with Crippen molar-refractivity contribution in [3.05, 3.63) is 29.8 Å². The maximum absolute atomic E-state index is 12.0. The van der Waals surface area contributed by atoms with E-state index in [-0.39, 0.29) is 30.1 Å². The van der Waals surface area contributed by atoms with Crippen molar-refractivity contribution in [3.8, 4) is 5.75 Å². The minimum Gasteiger partial charge on any atom is -0.494 e. The van der Waals surface area contributed by atoms with Crippen molar-refractivity contribution in [3.63, 3.8) is 0 Å². The van der Waals surface area contributed by atoms with Crippen molar-refractivity contribution in [1.82, 2.24) is 10.6 Å². The molecule has 0 aliphatic carbocycles. The molecule has 1 heterocycles. The van der Waals surface area contributed by atoms with Crippen LogP contribution < -0.4 is 15.4 Å². The summed E-state index contributed by atoms with van der Waals surface area (Å²) in [6.45, 7) is 5.17. The highest BCUT2D eigenvalue weighted by Crippen LogP contribution is 2.13. The summed E-state index contributed by atoms with van der Waals surface area (Å²) in [5.74, 6) is 0.848. The number of ketones is 1. The summed E-state index contributed by atoms with van der Waals surface area (Å²) in [7, 11) is 0. The second-order valence-electron chi connectivity index (χ2n) is 6.09. The van der Waals surface area contributed by atoms with E-state index in [9.17, 15) is 9.59 Å². The van der Waals surface area contributed by atoms with Gasteiger partial charge in [0.1, 0.15) is 5.75 Å². The lowest BCUT2D eigenvalue weighted by Gasteiger charge is -2.30. The van der Waals surface area contributed by atoms with Crippen molar-refractivity contribution < 1.29 is 14.3 Å². The van der Waals surface area contributed by atoms with Gasteiger partial charge in [0.05, 0.1) is 6.61 Å². The molecule has 2 N–H and O–H groups in total. The third-order valence-electron chi connectivity index (χ3n) is 4.19. The zero-order valence-corrected chi connectivity index (χ0v) is 15.2. The molecule has 2 rings (SSSR count). The average Bonchev–Trinajstić information content (AvgIpc) is 2.54. The van der Waals surface area contributed by atoms with E-state index in [2.05, 4.69) is 17.6 Å². The molecule has 2 atom stereocenters. The second-order valence-corrected chi connectivity index (χ2v) is 6.09. The van der Waals surface area contributed by atoms with E-state index in [1.165, 1.54) is 6.92 Å². The molecule has 0 saturated carbocycles. The lowest BCUT2D eigenvalue weighted by Crippen LogP contribution is -2.51. The molecule has 0 bridgehead atoms. The van der Waals surface area contributed by atoms with Gasteiger partial charge in [-0.2, -0.15) is 0 Å². The number of amides is 1. The quantitative estimate of drug-likeness (QED) is 0.583. The molecule has 1 amide bonds. The topological polar surface area (TPSA) is 67.4 Å². The first-order valence-electron chi connectivity index (χ1n) is 8.33. The molecule has 1 aliphatic rings. The number of nitrogens with one attached hydrogen (secondary N) is 2.